The third kappa shape index (κ3) is 30.4. The van der Waals surface area contributed by atoms with Gasteiger partial charge in [0.25, 0.3) is 0 Å². The van der Waals surface area contributed by atoms with Crippen molar-refractivity contribution >= 4 is 59.1 Å². The largest absolute Gasteiger partial charge is 0.395 e. The standard InChI is InChI=1S/C66H121N11O11/c1-14-16-18-20-22-24-29-35-55(80)77-39-30-34-53(77)60(85)71-52(43-48-31-26-25-27-32-48)59(84)75-66(12,13)63(88)76-65(10,11)62(87)72-49(33-28-23-21-19-17-15-2)57(82)70-51(42-46(5)6)58(83)74-64(8,9)61(86)73-50(41-45(3)4)56(81)68-37-36-54(79)69-47(7)44-67-38-40-78/h45-53,67,78H,14-44H2,1-13H3,(H,68,81)(H,69,79)(H,70,82)(H,71,85)(H,72,87)(H,73,86)(H,74,83)(H,75,84)(H,76,88)/t47-,49-,50-,51-,52-,53-/m0/s1. The average Bonchev–Trinajstić information content (AvgIpc) is 1.65. The van der Waals surface area contributed by atoms with Crippen LogP contribution in [-0.2, 0) is 47.9 Å². The number of aliphatic hydroxyl groups is 1. The van der Waals surface area contributed by atoms with Crippen molar-refractivity contribution in [1.82, 2.24) is 58.1 Å². The second kappa shape index (κ2) is 41.1. The molecule has 10 amide bonds. The lowest BCUT2D eigenvalue weighted by molar-refractivity contribution is -0.141. The molecule has 1 heterocycles. The van der Waals surface area contributed by atoms with Gasteiger partial charge in [0.15, 0.2) is 0 Å². The predicted molar refractivity (Wildman–Crippen MR) is 345 cm³/mol. The molecule has 1 aliphatic heterocycles. The molecule has 0 radical (unpaired) electrons. The number of nitrogens with one attached hydrogen (secondary N) is 10. The van der Waals surface area contributed by atoms with E-state index in [9.17, 15) is 47.9 Å². The first-order valence-corrected chi connectivity index (χ1v) is 33.9. The number of hydrogen-bond acceptors (Lipinski definition) is 12. The summed E-state index contributed by atoms with van der Waals surface area (Å²) in [5.41, 5.74) is -4.80. The monoisotopic (exact) mass is 1240 g/mol. The summed E-state index contributed by atoms with van der Waals surface area (Å²) in [6.07, 6.45) is 20.4. The molecule has 1 aliphatic carbocycles. The fraction of sp³-hybridized carbons (Fsp3) is 0.848. The Labute approximate surface area is 528 Å². The van der Waals surface area contributed by atoms with Gasteiger partial charge in [-0.1, -0.05) is 151 Å². The van der Waals surface area contributed by atoms with Crippen LogP contribution in [0.15, 0.2) is 0 Å². The first-order valence-electron chi connectivity index (χ1n) is 33.9. The lowest BCUT2D eigenvalue weighted by Crippen LogP contribution is -2.66. The molecule has 0 aromatic heterocycles. The van der Waals surface area contributed by atoms with E-state index in [1.54, 1.807) is 4.90 Å². The molecule has 1 saturated heterocycles. The van der Waals surface area contributed by atoms with Crippen LogP contribution in [0.25, 0.3) is 0 Å². The van der Waals surface area contributed by atoms with E-state index < -0.39 is 88.2 Å². The van der Waals surface area contributed by atoms with Crippen LogP contribution >= 0.6 is 0 Å². The maximum Gasteiger partial charge on any atom is 0.246 e. The minimum atomic E-state index is -1.63. The van der Waals surface area contributed by atoms with Crippen LogP contribution in [0.1, 0.15) is 257 Å². The SMILES string of the molecule is CCCCCCCCCC(=O)N1CCC[C@H]1C(=O)N[C@@H](CC1CCCCC1)C(=O)NC(C)(C)C(=O)NC(C)(C)C(=O)N[C@@H](CCCCCCCC)C(=O)N[C@@H](CC(C)C)C(=O)NC(C)(C)C(=O)N[C@@H](CC(C)C)C(=O)NCCC(=O)N[C@@H](C)CNCCO. The van der Waals surface area contributed by atoms with Gasteiger partial charge < -0.3 is 63.2 Å². The Bertz CT molecular complexity index is 2180. The van der Waals surface area contributed by atoms with Gasteiger partial charge in [0.2, 0.25) is 59.1 Å². The molecule has 0 aromatic carbocycles. The van der Waals surface area contributed by atoms with Gasteiger partial charge in [-0.15, -0.1) is 0 Å². The van der Waals surface area contributed by atoms with E-state index >= 15 is 0 Å². The maximum absolute atomic E-state index is 14.5. The minimum Gasteiger partial charge on any atom is -0.395 e. The number of nitrogens with zero attached hydrogens (tertiary/aromatic N) is 1. The number of carbonyl (C=O) groups excluding carboxylic acids is 10. The van der Waals surface area contributed by atoms with Crippen molar-refractivity contribution in [2.24, 2.45) is 17.8 Å². The number of carbonyl (C=O) groups is 10. The molecule has 1 saturated carbocycles. The summed E-state index contributed by atoms with van der Waals surface area (Å²) in [6, 6.07) is -5.17. The summed E-state index contributed by atoms with van der Waals surface area (Å²) in [4.78, 5) is 141. The molecule has 2 fully saturated rings. The molecule has 11 N–H and O–H groups in total. The quantitative estimate of drug-likeness (QED) is 0.0306. The topological polar surface area (TPSA) is 314 Å². The van der Waals surface area contributed by atoms with E-state index in [-0.39, 0.29) is 80.4 Å². The summed E-state index contributed by atoms with van der Waals surface area (Å²) in [7, 11) is 0. The molecule has 22 heteroatoms. The van der Waals surface area contributed by atoms with Gasteiger partial charge >= 0.3 is 0 Å². The highest BCUT2D eigenvalue weighted by Crippen LogP contribution is 2.29. The molecule has 0 spiro atoms. The van der Waals surface area contributed by atoms with Gasteiger partial charge in [0.05, 0.1) is 6.61 Å². The van der Waals surface area contributed by atoms with Gasteiger partial charge in [-0.2, -0.15) is 0 Å². The zero-order valence-corrected chi connectivity index (χ0v) is 56.6. The van der Waals surface area contributed by atoms with Crippen molar-refractivity contribution in [3.05, 3.63) is 0 Å². The Kier molecular flexibility index (Phi) is 36.8. The van der Waals surface area contributed by atoms with Crippen LogP contribution in [0.5, 0.6) is 0 Å². The maximum atomic E-state index is 14.5. The fourth-order valence-corrected chi connectivity index (χ4v) is 11.3. The zero-order chi connectivity index (χ0) is 66.0. The molecule has 0 bridgehead atoms. The third-order valence-electron chi connectivity index (χ3n) is 16.7. The molecule has 22 nitrogen and oxygen atoms in total. The third-order valence-corrected chi connectivity index (χ3v) is 16.7. The summed E-state index contributed by atoms with van der Waals surface area (Å²) >= 11 is 0. The van der Waals surface area contributed by atoms with Crippen molar-refractivity contribution in [3.63, 3.8) is 0 Å². The van der Waals surface area contributed by atoms with Gasteiger partial charge in [0, 0.05) is 45.1 Å². The van der Waals surface area contributed by atoms with E-state index in [0.717, 1.165) is 89.9 Å². The number of likely N-dealkylation sites (tertiary alicyclic amines) is 1. The van der Waals surface area contributed by atoms with E-state index in [1.165, 1.54) is 60.8 Å². The number of unbranched alkanes of at least 4 members (excludes halogenated alkanes) is 11. The van der Waals surface area contributed by atoms with Crippen LogP contribution < -0.4 is 53.2 Å². The smallest absolute Gasteiger partial charge is 0.246 e. The second-order valence-electron chi connectivity index (χ2n) is 27.6. The van der Waals surface area contributed by atoms with Crippen LogP contribution in [-0.4, -0.2) is 155 Å². The molecule has 0 aromatic rings. The van der Waals surface area contributed by atoms with Crippen molar-refractivity contribution < 1.29 is 53.1 Å². The van der Waals surface area contributed by atoms with Gasteiger partial charge in [-0.25, -0.2) is 0 Å². The van der Waals surface area contributed by atoms with Crippen LogP contribution in [0.2, 0.25) is 0 Å². The molecule has 506 valence electrons. The number of rotatable bonds is 44. The molecule has 2 aliphatic rings. The van der Waals surface area contributed by atoms with Crippen LogP contribution in [0, 0.1) is 17.8 Å². The molecule has 2 rings (SSSR count). The van der Waals surface area contributed by atoms with Crippen molar-refractivity contribution in [2.45, 2.75) is 310 Å². The molecular weight excluding hydrogens is 1120 g/mol. The van der Waals surface area contributed by atoms with Crippen molar-refractivity contribution in [2.75, 3.05) is 32.8 Å². The van der Waals surface area contributed by atoms with E-state index in [2.05, 4.69) is 67.0 Å². The number of aliphatic hydroxyl groups excluding tert-OH is 1. The first-order chi connectivity index (χ1) is 41.5. The highest BCUT2D eigenvalue weighted by molar-refractivity contribution is 6.00. The molecule has 6 atom stereocenters. The van der Waals surface area contributed by atoms with Crippen LogP contribution in [0.3, 0.4) is 0 Å². The number of hydrogen-bond donors (Lipinski definition) is 11. The Morgan fingerprint density at radius 3 is 1.58 bits per heavy atom. The average molecular weight is 1240 g/mol. The van der Waals surface area contributed by atoms with Crippen molar-refractivity contribution in [1.29, 1.82) is 0 Å². The summed E-state index contributed by atoms with van der Waals surface area (Å²) in [6.45, 7) is 24.0. The lowest BCUT2D eigenvalue weighted by Gasteiger charge is -2.35. The summed E-state index contributed by atoms with van der Waals surface area (Å²) in [5, 5.41) is 37.5. The molecular formula is C66H121N11O11. The molecule has 88 heavy (non-hydrogen) atoms. The van der Waals surface area contributed by atoms with Gasteiger partial charge in [-0.3, -0.25) is 47.9 Å². The second-order valence-corrected chi connectivity index (χ2v) is 27.6. The highest BCUT2D eigenvalue weighted by atomic mass is 16.3. The normalized spacial score (nSPS) is 16.6. The first kappa shape index (κ1) is 78.7. The number of amides is 10. The zero-order valence-electron chi connectivity index (χ0n) is 56.6. The Hall–Kier alpha value is -5.38. The Morgan fingerprint density at radius 2 is 1.01 bits per heavy atom. The molecule has 0 unspecified atom stereocenters. The highest BCUT2D eigenvalue weighted by Gasteiger charge is 2.42. The van der Waals surface area contributed by atoms with Crippen LogP contribution in [0.4, 0.5) is 0 Å². The van der Waals surface area contributed by atoms with E-state index in [4.69, 9.17) is 5.11 Å². The minimum absolute atomic E-state index is 0.00324. The summed E-state index contributed by atoms with van der Waals surface area (Å²) in [5.74, 6) is -5.06. The van der Waals surface area contributed by atoms with Gasteiger partial charge in [0.1, 0.15) is 46.8 Å². The van der Waals surface area contributed by atoms with E-state index in [1.807, 2.05) is 34.6 Å². The predicted octanol–water partition coefficient (Wildman–Crippen LogP) is 6.15. The summed E-state index contributed by atoms with van der Waals surface area (Å²) < 4.78 is 0. The van der Waals surface area contributed by atoms with E-state index in [0.29, 0.717) is 51.7 Å². The van der Waals surface area contributed by atoms with Gasteiger partial charge in [-0.05, 0) is 111 Å². The Balaban J connectivity index is 2.25. The lowest BCUT2D eigenvalue weighted by atomic mass is 9.84. The fourth-order valence-electron chi connectivity index (χ4n) is 11.3. The Morgan fingerprint density at radius 1 is 0.500 bits per heavy atom. The van der Waals surface area contributed by atoms with Crippen molar-refractivity contribution in [3.8, 4) is 0 Å².